The van der Waals surface area contributed by atoms with Crippen molar-refractivity contribution >= 4 is 0 Å². The summed E-state index contributed by atoms with van der Waals surface area (Å²) in [5.41, 5.74) is 0. The van der Waals surface area contributed by atoms with E-state index < -0.39 is 0 Å². The number of ether oxygens (including phenoxy) is 2. The number of nitrogens with one attached hydrogen (secondary N) is 1. The first-order valence-electron chi connectivity index (χ1n) is 7.21. The minimum absolute atomic E-state index is 0.423. The number of methoxy groups -OCH3 is 1. The molecule has 2 saturated carbocycles. The van der Waals surface area contributed by atoms with E-state index in [1.54, 1.807) is 0 Å². The molecule has 100 valence electrons. The maximum atomic E-state index is 6.09. The third-order valence-corrected chi connectivity index (χ3v) is 4.08. The number of likely N-dealkylation sites (N-methyl/N-ethyl adjacent to an activating group) is 1. The van der Waals surface area contributed by atoms with Gasteiger partial charge in [0.1, 0.15) is 0 Å². The van der Waals surface area contributed by atoms with E-state index in [-0.39, 0.29) is 0 Å². The third kappa shape index (κ3) is 4.23. The van der Waals surface area contributed by atoms with Gasteiger partial charge in [0.25, 0.3) is 0 Å². The third-order valence-electron chi connectivity index (χ3n) is 4.08. The highest BCUT2D eigenvalue weighted by Crippen LogP contribution is 2.33. The van der Waals surface area contributed by atoms with Crippen molar-refractivity contribution in [3.05, 3.63) is 0 Å². The lowest BCUT2D eigenvalue weighted by atomic mass is 9.95. The average Bonchev–Trinajstić information content (AvgIpc) is 3.19. The SMILES string of the molecule is CCNC(COC1CCCC(OC)C1)C1CC1. The topological polar surface area (TPSA) is 30.5 Å². The van der Waals surface area contributed by atoms with Crippen LogP contribution in [0.25, 0.3) is 0 Å². The maximum Gasteiger partial charge on any atom is 0.0626 e. The molecule has 17 heavy (non-hydrogen) atoms. The predicted octanol–water partition coefficient (Wildman–Crippen LogP) is 2.35. The van der Waals surface area contributed by atoms with Crippen molar-refractivity contribution in [2.24, 2.45) is 5.92 Å². The molecular formula is C14H27NO2. The van der Waals surface area contributed by atoms with Gasteiger partial charge in [0.05, 0.1) is 18.8 Å². The molecule has 3 unspecified atom stereocenters. The fraction of sp³-hybridized carbons (Fsp3) is 1.00. The normalized spacial score (nSPS) is 31.4. The Balaban J connectivity index is 1.68. The molecule has 3 heteroatoms. The summed E-state index contributed by atoms with van der Waals surface area (Å²) in [6.07, 6.45) is 8.36. The van der Waals surface area contributed by atoms with Gasteiger partial charge in [-0.25, -0.2) is 0 Å². The standard InChI is InChI=1S/C14H27NO2/c1-3-15-14(11-7-8-11)10-17-13-6-4-5-12(9-13)16-2/h11-15H,3-10H2,1-2H3. The molecule has 2 aliphatic carbocycles. The molecular weight excluding hydrogens is 214 g/mol. The molecule has 2 aliphatic rings. The van der Waals surface area contributed by atoms with Crippen LogP contribution >= 0.6 is 0 Å². The average molecular weight is 241 g/mol. The lowest BCUT2D eigenvalue weighted by Crippen LogP contribution is -2.38. The van der Waals surface area contributed by atoms with Gasteiger partial charge < -0.3 is 14.8 Å². The number of hydrogen-bond donors (Lipinski definition) is 1. The van der Waals surface area contributed by atoms with Crippen LogP contribution in [0.1, 0.15) is 45.4 Å². The fourth-order valence-electron chi connectivity index (χ4n) is 2.83. The molecule has 0 bridgehead atoms. The van der Waals surface area contributed by atoms with E-state index in [9.17, 15) is 0 Å². The molecule has 0 amide bonds. The van der Waals surface area contributed by atoms with Crippen molar-refractivity contribution in [1.82, 2.24) is 5.32 Å². The number of hydrogen-bond acceptors (Lipinski definition) is 3. The second-order valence-corrected chi connectivity index (χ2v) is 5.48. The minimum Gasteiger partial charge on any atom is -0.381 e. The summed E-state index contributed by atoms with van der Waals surface area (Å²) in [7, 11) is 1.82. The predicted molar refractivity (Wildman–Crippen MR) is 69.2 cm³/mol. The van der Waals surface area contributed by atoms with Gasteiger partial charge in [-0.3, -0.25) is 0 Å². The first-order valence-corrected chi connectivity index (χ1v) is 7.21. The van der Waals surface area contributed by atoms with Gasteiger partial charge in [-0.2, -0.15) is 0 Å². The highest BCUT2D eigenvalue weighted by molar-refractivity contribution is 4.86. The second kappa shape index (κ2) is 6.72. The minimum atomic E-state index is 0.423. The van der Waals surface area contributed by atoms with Crippen LogP contribution in [0.15, 0.2) is 0 Å². The van der Waals surface area contributed by atoms with Crippen LogP contribution in [0.3, 0.4) is 0 Å². The first kappa shape index (κ1) is 13.3. The molecule has 0 aromatic carbocycles. The van der Waals surface area contributed by atoms with Crippen LogP contribution < -0.4 is 5.32 Å². The van der Waals surface area contributed by atoms with Crippen LogP contribution in [0.5, 0.6) is 0 Å². The molecule has 0 heterocycles. The quantitative estimate of drug-likeness (QED) is 0.742. The summed E-state index contributed by atoms with van der Waals surface area (Å²) in [5.74, 6) is 0.872. The Labute approximate surface area is 105 Å². The zero-order chi connectivity index (χ0) is 12.1. The Bertz CT molecular complexity index is 218. The van der Waals surface area contributed by atoms with Gasteiger partial charge in [0.15, 0.2) is 0 Å². The smallest absolute Gasteiger partial charge is 0.0626 e. The van der Waals surface area contributed by atoms with E-state index in [2.05, 4.69) is 12.2 Å². The molecule has 1 N–H and O–H groups in total. The van der Waals surface area contributed by atoms with E-state index in [1.807, 2.05) is 7.11 Å². The van der Waals surface area contributed by atoms with Crippen LogP contribution in [-0.2, 0) is 9.47 Å². The van der Waals surface area contributed by atoms with Crippen molar-refractivity contribution in [1.29, 1.82) is 0 Å². The summed E-state index contributed by atoms with van der Waals surface area (Å²) < 4.78 is 11.5. The van der Waals surface area contributed by atoms with Gasteiger partial charge in [-0.1, -0.05) is 6.92 Å². The van der Waals surface area contributed by atoms with Crippen molar-refractivity contribution in [2.75, 3.05) is 20.3 Å². The van der Waals surface area contributed by atoms with E-state index >= 15 is 0 Å². The van der Waals surface area contributed by atoms with Gasteiger partial charge in [-0.15, -0.1) is 0 Å². The Morgan fingerprint density at radius 1 is 1.18 bits per heavy atom. The van der Waals surface area contributed by atoms with Crippen molar-refractivity contribution in [3.8, 4) is 0 Å². The highest BCUT2D eigenvalue weighted by atomic mass is 16.5. The molecule has 2 rings (SSSR count). The Hall–Kier alpha value is -0.120. The van der Waals surface area contributed by atoms with Crippen LogP contribution in [0.2, 0.25) is 0 Å². The monoisotopic (exact) mass is 241 g/mol. The fourth-order valence-corrected chi connectivity index (χ4v) is 2.83. The Morgan fingerprint density at radius 2 is 1.94 bits per heavy atom. The molecule has 3 nitrogen and oxygen atoms in total. The van der Waals surface area contributed by atoms with E-state index in [4.69, 9.17) is 9.47 Å². The van der Waals surface area contributed by atoms with Gasteiger partial charge >= 0.3 is 0 Å². The van der Waals surface area contributed by atoms with E-state index in [1.165, 1.54) is 32.1 Å². The van der Waals surface area contributed by atoms with E-state index in [0.29, 0.717) is 18.2 Å². The zero-order valence-electron chi connectivity index (χ0n) is 11.3. The molecule has 0 aromatic heterocycles. The van der Waals surface area contributed by atoms with Crippen molar-refractivity contribution in [3.63, 3.8) is 0 Å². The number of rotatable bonds is 7. The van der Waals surface area contributed by atoms with Gasteiger partial charge in [-0.05, 0) is 51.0 Å². The molecule has 0 aromatic rings. The Kier molecular flexibility index (Phi) is 5.26. The second-order valence-electron chi connectivity index (χ2n) is 5.48. The summed E-state index contributed by atoms with van der Waals surface area (Å²) in [6, 6.07) is 0.586. The first-order chi connectivity index (χ1) is 8.33. The lowest BCUT2D eigenvalue weighted by Gasteiger charge is -2.29. The molecule has 0 saturated heterocycles. The van der Waals surface area contributed by atoms with Crippen LogP contribution in [0, 0.1) is 5.92 Å². The molecule has 3 atom stereocenters. The van der Waals surface area contributed by atoms with Crippen molar-refractivity contribution in [2.45, 2.75) is 63.7 Å². The lowest BCUT2D eigenvalue weighted by molar-refractivity contribution is -0.0368. The zero-order valence-corrected chi connectivity index (χ0v) is 11.3. The van der Waals surface area contributed by atoms with Crippen LogP contribution in [-0.4, -0.2) is 38.5 Å². The summed E-state index contributed by atoms with van der Waals surface area (Å²) in [5, 5.41) is 3.55. The van der Waals surface area contributed by atoms with E-state index in [0.717, 1.165) is 25.5 Å². The van der Waals surface area contributed by atoms with Crippen molar-refractivity contribution < 1.29 is 9.47 Å². The summed E-state index contributed by atoms with van der Waals surface area (Å²) >= 11 is 0. The maximum absolute atomic E-state index is 6.09. The van der Waals surface area contributed by atoms with Gasteiger partial charge in [0.2, 0.25) is 0 Å². The summed E-state index contributed by atoms with van der Waals surface area (Å²) in [4.78, 5) is 0. The molecule has 0 radical (unpaired) electrons. The Morgan fingerprint density at radius 3 is 2.59 bits per heavy atom. The highest BCUT2D eigenvalue weighted by Gasteiger charge is 2.32. The van der Waals surface area contributed by atoms with Crippen LogP contribution in [0.4, 0.5) is 0 Å². The molecule has 0 aliphatic heterocycles. The molecule has 0 spiro atoms. The summed E-state index contributed by atoms with van der Waals surface area (Å²) in [6.45, 7) is 4.12. The van der Waals surface area contributed by atoms with Gasteiger partial charge in [0, 0.05) is 13.2 Å². The molecule has 2 fully saturated rings. The largest absolute Gasteiger partial charge is 0.381 e.